The predicted octanol–water partition coefficient (Wildman–Crippen LogP) is 0.563. The molecule has 0 saturated heterocycles. The largest absolute Gasteiger partial charge is 0.357 e. The summed E-state index contributed by atoms with van der Waals surface area (Å²) in [6.45, 7) is 0. The average Bonchev–Trinajstić information content (AvgIpc) is 2.61. The Hall–Kier alpha value is -1.21. The van der Waals surface area contributed by atoms with Crippen molar-refractivity contribution in [3.8, 4) is 0 Å². The predicted molar refractivity (Wildman–Crippen MR) is 48.8 cm³/mol. The van der Waals surface area contributed by atoms with Crippen LogP contribution < -0.4 is 11.1 Å². The minimum atomic E-state index is -0.449. The summed E-state index contributed by atoms with van der Waals surface area (Å²) >= 11 is 1.03. The average molecular weight is 200 g/mol. The first-order valence-corrected chi connectivity index (χ1v) is 4.61. The van der Waals surface area contributed by atoms with Crippen LogP contribution in [0.3, 0.4) is 0 Å². The minimum Gasteiger partial charge on any atom is -0.357 e. The molecule has 0 radical (unpaired) electrons. The highest BCUT2D eigenvalue weighted by molar-refractivity contribution is 7.18. The van der Waals surface area contributed by atoms with Crippen LogP contribution in [-0.4, -0.2) is 22.0 Å². The van der Waals surface area contributed by atoms with Crippen molar-refractivity contribution in [1.82, 2.24) is 4.98 Å². The molecule has 0 aliphatic heterocycles. The quantitative estimate of drug-likeness (QED) is 0.549. The molecule has 6 nitrogen and oxygen atoms in total. The molecule has 2 atom stereocenters. The minimum absolute atomic E-state index is 0.0525. The van der Waals surface area contributed by atoms with Crippen molar-refractivity contribution in [3.05, 3.63) is 16.3 Å². The van der Waals surface area contributed by atoms with Gasteiger partial charge in [-0.3, -0.25) is 10.1 Å². The van der Waals surface area contributed by atoms with Gasteiger partial charge in [0.1, 0.15) is 6.20 Å². The van der Waals surface area contributed by atoms with Crippen LogP contribution in [0.4, 0.5) is 10.1 Å². The van der Waals surface area contributed by atoms with Crippen molar-refractivity contribution < 1.29 is 4.92 Å². The molecule has 70 valence electrons. The maximum atomic E-state index is 10.3. The van der Waals surface area contributed by atoms with Crippen molar-refractivity contribution in [2.75, 3.05) is 5.32 Å². The normalized spacial score (nSPS) is 25.6. The van der Waals surface area contributed by atoms with E-state index in [4.69, 9.17) is 5.73 Å². The maximum Gasteiger partial charge on any atom is 0.345 e. The van der Waals surface area contributed by atoms with E-state index in [2.05, 4.69) is 10.3 Å². The van der Waals surface area contributed by atoms with Gasteiger partial charge in [-0.2, -0.15) is 0 Å². The monoisotopic (exact) mass is 200 g/mol. The standard InChI is InChI=1S/C6H8N4O2S/c7-3-1-4(3)9-6-8-2-5(13-6)10(11)12/h2-4H,1,7H2,(H,8,9). The van der Waals surface area contributed by atoms with Crippen LogP contribution in [0.15, 0.2) is 6.20 Å². The van der Waals surface area contributed by atoms with Crippen LogP contribution in [0, 0.1) is 10.1 Å². The molecule has 1 fully saturated rings. The fourth-order valence-corrected chi connectivity index (χ4v) is 1.65. The Morgan fingerprint density at radius 2 is 2.54 bits per heavy atom. The van der Waals surface area contributed by atoms with Gasteiger partial charge >= 0.3 is 5.00 Å². The van der Waals surface area contributed by atoms with E-state index >= 15 is 0 Å². The summed E-state index contributed by atoms with van der Waals surface area (Å²) in [5.74, 6) is 0. The molecular formula is C6H8N4O2S. The van der Waals surface area contributed by atoms with Crippen LogP contribution in [0.2, 0.25) is 0 Å². The molecule has 0 amide bonds. The first kappa shape index (κ1) is 8.39. The second-order valence-corrected chi connectivity index (χ2v) is 3.92. The van der Waals surface area contributed by atoms with Gasteiger partial charge in [-0.15, -0.1) is 0 Å². The van der Waals surface area contributed by atoms with Crippen molar-refractivity contribution in [1.29, 1.82) is 0 Å². The first-order chi connectivity index (χ1) is 6.16. The zero-order valence-electron chi connectivity index (χ0n) is 6.64. The highest BCUT2D eigenvalue weighted by atomic mass is 32.1. The van der Waals surface area contributed by atoms with Crippen LogP contribution in [-0.2, 0) is 0 Å². The summed E-state index contributed by atoms with van der Waals surface area (Å²) in [6, 6.07) is 0.411. The van der Waals surface area contributed by atoms with Crippen LogP contribution >= 0.6 is 11.3 Å². The van der Waals surface area contributed by atoms with Gasteiger partial charge in [-0.1, -0.05) is 0 Å². The molecule has 1 aliphatic rings. The van der Waals surface area contributed by atoms with Gasteiger partial charge in [0.25, 0.3) is 0 Å². The second-order valence-electron chi connectivity index (χ2n) is 2.91. The third-order valence-electron chi connectivity index (χ3n) is 1.82. The van der Waals surface area contributed by atoms with E-state index in [1.54, 1.807) is 0 Å². The topological polar surface area (TPSA) is 94.1 Å². The molecule has 0 bridgehead atoms. The lowest BCUT2D eigenvalue weighted by atomic mass is 10.7. The van der Waals surface area contributed by atoms with Crippen molar-refractivity contribution >= 4 is 21.5 Å². The number of hydrogen-bond donors (Lipinski definition) is 2. The fraction of sp³-hybridized carbons (Fsp3) is 0.500. The third kappa shape index (κ3) is 1.76. The van der Waals surface area contributed by atoms with Crippen molar-refractivity contribution in [3.63, 3.8) is 0 Å². The zero-order chi connectivity index (χ0) is 9.42. The molecule has 2 rings (SSSR count). The molecule has 0 spiro atoms. The highest BCUT2D eigenvalue weighted by Crippen LogP contribution is 2.29. The number of hydrogen-bond acceptors (Lipinski definition) is 6. The maximum absolute atomic E-state index is 10.3. The van der Waals surface area contributed by atoms with E-state index in [-0.39, 0.29) is 17.1 Å². The van der Waals surface area contributed by atoms with Gasteiger partial charge in [0.2, 0.25) is 0 Å². The third-order valence-corrected chi connectivity index (χ3v) is 2.70. The van der Waals surface area contributed by atoms with Crippen molar-refractivity contribution in [2.45, 2.75) is 18.5 Å². The van der Waals surface area contributed by atoms with E-state index < -0.39 is 4.92 Å². The molecule has 0 aromatic carbocycles. The molecule has 7 heteroatoms. The zero-order valence-corrected chi connectivity index (χ0v) is 7.45. The Morgan fingerprint density at radius 1 is 1.85 bits per heavy atom. The molecule has 1 aliphatic carbocycles. The number of nitrogens with one attached hydrogen (secondary N) is 1. The summed E-state index contributed by atoms with van der Waals surface area (Å²) in [5.41, 5.74) is 5.56. The Labute approximate surface area is 77.9 Å². The number of nitrogens with two attached hydrogens (primary N) is 1. The Kier molecular flexibility index (Phi) is 1.89. The lowest BCUT2D eigenvalue weighted by molar-refractivity contribution is -0.380. The second kappa shape index (κ2) is 2.93. The first-order valence-electron chi connectivity index (χ1n) is 3.79. The van der Waals surface area contributed by atoms with Gasteiger partial charge in [0.05, 0.1) is 4.92 Å². The molecule has 1 saturated carbocycles. The van der Waals surface area contributed by atoms with Gasteiger partial charge < -0.3 is 11.1 Å². The highest BCUT2D eigenvalue weighted by Gasteiger charge is 2.34. The summed E-state index contributed by atoms with van der Waals surface area (Å²) in [4.78, 5) is 13.7. The van der Waals surface area contributed by atoms with Crippen LogP contribution in [0.5, 0.6) is 0 Å². The molecule has 1 heterocycles. The number of nitrogens with zero attached hydrogens (tertiary/aromatic N) is 2. The molecule has 13 heavy (non-hydrogen) atoms. The number of thiazole rings is 1. The smallest absolute Gasteiger partial charge is 0.345 e. The number of nitro groups is 1. The van der Waals surface area contributed by atoms with Crippen LogP contribution in [0.1, 0.15) is 6.42 Å². The summed E-state index contributed by atoms with van der Waals surface area (Å²) in [5, 5.41) is 13.9. The van der Waals surface area contributed by atoms with Gasteiger partial charge in [-0.25, -0.2) is 4.98 Å². The summed E-state index contributed by atoms with van der Waals surface area (Å²) < 4.78 is 0. The molecule has 1 aromatic rings. The molecule has 2 unspecified atom stereocenters. The van der Waals surface area contributed by atoms with E-state index in [1.807, 2.05) is 0 Å². The summed E-state index contributed by atoms with van der Waals surface area (Å²) in [7, 11) is 0. The lowest BCUT2D eigenvalue weighted by Gasteiger charge is -1.96. The van der Waals surface area contributed by atoms with Gasteiger partial charge in [-0.05, 0) is 17.8 Å². The Bertz CT molecular complexity index is 339. The molecule has 1 aromatic heterocycles. The number of rotatable bonds is 3. The van der Waals surface area contributed by atoms with E-state index in [9.17, 15) is 10.1 Å². The number of anilines is 1. The Balaban J connectivity index is 2.01. The van der Waals surface area contributed by atoms with E-state index in [0.29, 0.717) is 5.13 Å². The lowest BCUT2D eigenvalue weighted by Crippen LogP contribution is -2.12. The van der Waals surface area contributed by atoms with Crippen molar-refractivity contribution in [2.24, 2.45) is 5.73 Å². The van der Waals surface area contributed by atoms with E-state index in [1.165, 1.54) is 6.20 Å². The van der Waals surface area contributed by atoms with Gasteiger partial charge in [0, 0.05) is 12.1 Å². The molecular weight excluding hydrogens is 192 g/mol. The fourth-order valence-electron chi connectivity index (χ4n) is 0.956. The van der Waals surface area contributed by atoms with Gasteiger partial charge in [0.15, 0.2) is 5.13 Å². The SMILES string of the molecule is NC1CC1Nc1ncc([N+](=O)[O-])s1. The Morgan fingerprint density at radius 3 is 3.00 bits per heavy atom. The number of aromatic nitrogens is 1. The van der Waals surface area contributed by atoms with Crippen LogP contribution in [0.25, 0.3) is 0 Å². The molecule has 3 N–H and O–H groups in total. The van der Waals surface area contributed by atoms with E-state index in [0.717, 1.165) is 17.8 Å². The summed E-state index contributed by atoms with van der Waals surface area (Å²) in [6.07, 6.45) is 2.16.